The lowest BCUT2D eigenvalue weighted by Crippen LogP contribution is -2.37. The van der Waals surface area contributed by atoms with E-state index in [2.05, 4.69) is 17.0 Å². The monoisotopic (exact) mass is 288 g/mol. The molecule has 1 unspecified atom stereocenters. The van der Waals surface area contributed by atoms with Crippen LogP contribution in [0.3, 0.4) is 0 Å². The lowest BCUT2D eigenvalue weighted by Gasteiger charge is -2.24. The SMILES string of the molecule is CCSC1CCCCN(C(=O)CCNC(=O)OC)C1. The summed E-state index contributed by atoms with van der Waals surface area (Å²) in [5.74, 6) is 1.22. The van der Waals surface area contributed by atoms with Crippen LogP contribution in [0.1, 0.15) is 32.6 Å². The number of nitrogens with one attached hydrogen (secondary N) is 1. The summed E-state index contributed by atoms with van der Waals surface area (Å²) in [5.41, 5.74) is 0. The fraction of sp³-hybridized carbons (Fsp3) is 0.846. The largest absolute Gasteiger partial charge is 0.453 e. The first-order valence-electron chi connectivity index (χ1n) is 6.88. The van der Waals surface area contributed by atoms with Gasteiger partial charge in [0.15, 0.2) is 0 Å². The Labute approximate surface area is 119 Å². The number of carbonyl (C=O) groups is 2. The molecule has 1 N–H and O–H groups in total. The zero-order valence-electron chi connectivity index (χ0n) is 11.8. The van der Waals surface area contributed by atoms with Crippen molar-refractivity contribution in [2.45, 2.75) is 37.9 Å². The first kappa shape index (κ1) is 16.1. The van der Waals surface area contributed by atoms with Crippen LogP contribution in [0.2, 0.25) is 0 Å². The van der Waals surface area contributed by atoms with Gasteiger partial charge in [-0.3, -0.25) is 4.79 Å². The van der Waals surface area contributed by atoms with Crippen LogP contribution in [-0.4, -0.2) is 54.6 Å². The van der Waals surface area contributed by atoms with Crippen molar-refractivity contribution in [2.75, 3.05) is 32.5 Å². The van der Waals surface area contributed by atoms with Crippen molar-refractivity contribution < 1.29 is 14.3 Å². The molecule has 0 bridgehead atoms. The first-order chi connectivity index (χ1) is 9.17. The fourth-order valence-electron chi connectivity index (χ4n) is 2.20. The van der Waals surface area contributed by atoms with E-state index in [0.29, 0.717) is 18.2 Å². The Balaban J connectivity index is 2.34. The predicted octanol–water partition coefficient (Wildman–Crippen LogP) is 1.87. The molecule has 1 rings (SSSR count). The molecule has 0 radical (unpaired) electrons. The maximum Gasteiger partial charge on any atom is 0.406 e. The lowest BCUT2D eigenvalue weighted by atomic mass is 10.2. The summed E-state index contributed by atoms with van der Waals surface area (Å²) in [6, 6.07) is 0. The van der Waals surface area contributed by atoms with E-state index >= 15 is 0 Å². The van der Waals surface area contributed by atoms with Crippen molar-refractivity contribution in [3.63, 3.8) is 0 Å². The third-order valence-electron chi connectivity index (χ3n) is 3.18. The average molecular weight is 288 g/mol. The van der Waals surface area contributed by atoms with E-state index in [-0.39, 0.29) is 5.91 Å². The second kappa shape index (κ2) is 9.07. The number of ether oxygens (including phenoxy) is 1. The molecule has 2 amide bonds. The Hall–Kier alpha value is -0.910. The Bertz CT molecular complexity index is 300. The number of carbonyl (C=O) groups excluding carboxylic acids is 2. The van der Waals surface area contributed by atoms with Crippen LogP contribution in [0.5, 0.6) is 0 Å². The lowest BCUT2D eigenvalue weighted by molar-refractivity contribution is -0.130. The van der Waals surface area contributed by atoms with E-state index in [0.717, 1.165) is 25.3 Å². The zero-order valence-corrected chi connectivity index (χ0v) is 12.6. The van der Waals surface area contributed by atoms with Crippen LogP contribution in [-0.2, 0) is 9.53 Å². The van der Waals surface area contributed by atoms with Crippen LogP contribution in [0.25, 0.3) is 0 Å². The van der Waals surface area contributed by atoms with E-state index in [1.165, 1.54) is 20.0 Å². The minimum absolute atomic E-state index is 0.125. The highest BCUT2D eigenvalue weighted by Crippen LogP contribution is 2.22. The van der Waals surface area contributed by atoms with Crippen LogP contribution in [0, 0.1) is 0 Å². The summed E-state index contributed by atoms with van der Waals surface area (Å²) in [5, 5.41) is 3.10. The molecule has 0 aromatic heterocycles. The molecule has 6 heteroatoms. The number of amides is 2. The molecule has 0 aromatic carbocycles. The normalized spacial score (nSPS) is 19.7. The van der Waals surface area contributed by atoms with Gasteiger partial charge in [-0.05, 0) is 18.6 Å². The molecule has 1 aliphatic heterocycles. The van der Waals surface area contributed by atoms with Gasteiger partial charge in [-0.15, -0.1) is 0 Å². The number of thioether (sulfide) groups is 1. The van der Waals surface area contributed by atoms with E-state index in [1.54, 1.807) is 0 Å². The number of rotatable bonds is 5. The van der Waals surface area contributed by atoms with Gasteiger partial charge in [-0.1, -0.05) is 13.3 Å². The molecule has 19 heavy (non-hydrogen) atoms. The van der Waals surface area contributed by atoms with Gasteiger partial charge in [-0.25, -0.2) is 4.79 Å². The average Bonchev–Trinajstić information content (AvgIpc) is 2.64. The second-order valence-corrected chi connectivity index (χ2v) is 6.16. The third kappa shape index (κ3) is 6.18. The van der Waals surface area contributed by atoms with Crippen LogP contribution in [0.4, 0.5) is 4.79 Å². The van der Waals surface area contributed by atoms with Crippen molar-refractivity contribution in [3.8, 4) is 0 Å². The molecule has 1 fully saturated rings. The standard InChI is InChI=1S/C13H24N2O3S/c1-3-19-11-6-4-5-9-15(10-11)12(16)7-8-14-13(17)18-2/h11H,3-10H2,1-2H3,(H,14,17). The highest BCUT2D eigenvalue weighted by molar-refractivity contribution is 7.99. The maximum atomic E-state index is 12.1. The topological polar surface area (TPSA) is 58.6 Å². The smallest absolute Gasteiger partial charge is 0.406 e. The number of likely N-dealkylation sites (tertiary alicyclic amines) is 1. The molecule has 1 heterocycles. The summed E-state index contributed by atoms with van der Waals surface area (Å²) < 4.78 is 4.47. The number of hydrogen-bond donors (Lipinski definition) is 1. The van der Waals surface area contributed by atoms with Gasteiger partial charge in [0.1, 0.15) is 0 Å². The highest BCUT2D eigenvalue weighted by atomic mass is 32.2. The van der Waals surface area contributed by atoms with Gasteiger partial charge in [0.05, 0.1) is 7.11 Å². The van der Waals surface area contributed by atoms with E-state index < -0.39 is 6.09 Å². The van der Waals surface area contributed by atoms with Crippen molar-refractivity contribution in [1.82, 2.24) is 10.2 Å². The number of alkyl carbamates (subject to hydrolysis) is 1. The molecule has 1 saturated heterocycles. The summed E-state index contributed by atoms with van der Waals surface area (Å²) in [6.45, 7) is 4.18. The van der Waals surface area contributed by atoms with Gasteiger partial charge in [0.25, 0.3) is 0 Å². The Morgan fingerprint density at radius 3 is 2.89 bits per heavy atom. The summed E-state index contributed by atoms with van der Waals surface area (Å²) >= 11 is 1.94. The Morgan fingerprint density at radius 2 is 2.21 bits per heavy atom. The third-order valence-corrected chi connectivity index (χ3v) is 4.37. The van der Waals surface area contributed by atoms with Crippen molar-refractivity contribution in [3.05, 3.63) is 0 Å². The summed E-state index contributed by atoms with van der Waals surface area (Å²) in [4.78, 5) is 24.9. The molecule has 1 aliphatic rings. The van der Waals surface area contributed by atoms with E-state index in [9.17, 15) is 9.59 Å². The van der Waals surface area contributed by atoms with Crippen LogP contribution < -0.4 is 5.32 Å². The molecule has 0 saturated carbocycles. The van der Waals surface area contributed by atoms with Gasteiger partial charge >= 0.3 is 6.09 Å². The first-order valence-corrected chi connectivity index (χ1v) is 7.93. The second-order valence-electron chi connectivity index (χ2n) is 4.58. The Kier molecular flexibility index (Phi) is 7.70. The van der Waals surface area contributed by atoms with Gasteiger partial charge in [0.2, 0.25) is 5.91 Å². The zero-order chi connectivity index (χ0) is 14.1. The summed E-state index contributed by atoms with van der Waals surface area (Å²) in [7, 11) is 1.32. The fourth-order valence-corrected chi connectivity index (χ4v) is 3.29. The van der Waals surface area contributed by atoms with Crippen molar-refractivity contribution in [2.24, 2.45) is 0 Å². The van der Waals surface area contributed by atoms with Gasteiger partial charge in [-0.2, -0.15) is 11.8 Å². The highest BCUT2D eigenvalue weighted by Gasteiger charge is 2.21. The summed E-state index contributed by atoms with van der Waals surface area (Å²) in [6.07, 6.45) is 3.34. The van der Waals surface area contributed by atoms with E-state index in [4.69, 9.17) is 0 Å². The molecular formula is C13H24N2O3S. The Morgan fingerprint density at radius 1 is 1.42 bits per heavy atom. The van der Waals surface area contributed by atoms with Crippen LogP contribution in [0.15, 0.2) is 0 Å². The molecular weight excluding hydrogens is 264 g/mol. The molecule has 110 valence electrons. The molecule has 5 nitrogen and oxygen atoms in total. The van der Waals surface area contributed by atoms with Gasteiger partial charge < -0.3 is 15.0 Å². The minimum Gasteiger partial charge on any atom is -0.453 e. The molecule has 0 aliphatic carbocycles. The molecule has 0 spiro atoms. The maximum absolute atomic E-state index is 12.1. The van der Waals surface area contributed by atoms with Crippen LogP contribution >= 0.6 is 11.8 Å². The predicted molar refractivity (Wildman–Crippen MR) is 77.4 cm³/mol. The number of nitrogens with zero attached hydrogens (tertiary/aromatic N) is 1. The number of hydrogen-bond acceptors (Lipinski definition) is 4. The van der Waals surface area contributed by atoms with Crippen molar-refractivity contribution in [1.29, 1.82) is 0 Å². The molecule has 0 aromatic rings. The van der Waals surface area contributed by atoms with Crippen molar-refractivity contribution >= 4 is 23.8 Å². The minimum atomic E-state index is -0.483. The molecule has 1 atom stereocenters. The van der Waals surface area contributed by atoms with Gasteiger partial charge in [0, 0.05) is 31.3 Å². The number of methoxy groups -OCH3 is 1. The van der Waals surface area contributed by atoms with E-state index in [1.807, 2.05) is 16.7 Å². The quantitative estimate of drug-likeness (QED) is 0.839.